The van der Waals surface area contributed by atoms with Crippen LogP contribution in [-0.4, -0.2) is 37.9 Å². The standard InChI is InChI=1S/C21H20N4O2S3/c1-13-14(6-9-27-13)20-22-23-21(24(20)2)30-12-18(26)25-8-5-16-15(7-11-29-16)19(25)17-4-3-10-28-17/h3-4,6-7,9-11,19H,5,8,12H2,1-2H3. The molecule has 154 valence electrons. The van der Waals surface area contributed by atoms with Crippen molar-refractivity contribution in [2.45, 2.75) is 24.5 Å². The Kier molecular flexibility index (Phi) is 5.26. The van der Waals surface area contributed by atoms with Gasteiger partial charge in [-0.25, -0.2) is 0 Å². The summed E-state index contributed by atoms with van der Waals surface area (Å²) in [5, 5.41) is 13.5. The molecule has 0 fully saturated rings. The van der Waals surface area contributed by atoms with Crippen LogP contribution in [0.25, 0.3) is 11.4 Å². The molecule has 1 aliphatic heterocycles. The quantitative estimate of drug-likeness (QED) is 0.405. The highest BCUT2D eigenvalue weighted by atomic mass is 32.2. The normalized spacial score (nSPS) is 16.1. The predicted octanol–water partition coefficient (Wildman–Crippen LogP) is 4.77. The fourth-order valence-corrected chi connectivity index (χ4v) is 6.40. The monoisotopic (exact) mass is 456 g/mol. The highest BCUT2D eigenvalue weighted by Crippen LogP contribution is 2.40. The highest BCUT2D eigenvalue weighted by Gasteiger charge is 2.33. The Bertz CT molecular complexity index is 1170. The van der Waals surface area contributed by atoms with Crippen LogP contribution in [0, 0.1) is 6.92 Å². The van der Waals surface area contributed by atoms with Crippen molar-refractivity contribution < 1.29 is 9.21 Å². The molecular formula is C21H20N4O2S3. The molecule has 0 N–H and O–H groups in total. The second kappa shape index (κ2) is 8.05. The predicted molar refractivity (Wildman–Crippen MR) is 120 cm³/mol. The van der Waals surface area contributed by atoms with Crippen molar-refractivity contribution in [2.75, 3.05) is 12.3 Å². The van der Waals surface area contributed by atoms with Gasteiger partial charge in [0, 0.05) is 23.3 Å². The summed E-state index contributed by atoms with van der Waals surface area (Å²) >= 11 is 4.92. The number of carbonyl (C=O) groups is 1. The SMILES string of the molecule is Cc1occc1-c1nnc(SCC(=O)N2CCc3sccc3C2c2cccs2)n1C. The molecule has 5 rings (SSSR count). The Labute approximate surface area is 186 Å². The number of aryl methyl sites for hydroxylation is 1. The van der Waals surface area contributed by atoms with E-state index >= 15 is 0 Å². The van der Waals surface area contributed by atoms with Crippen LogP contribution in [0.2, 0.25) is 0 Å². The van der Waals surface area contributed by atoms with Crippen molar-refractivity contribution >= 4 is 40.3 Å². The molecule has 4 aromatic heterocycles. The summed E-state index contributed by atoms with van der Waals surface area (Å²) in [5.74, 6) is 2.00. The van der Waals surface area contributed by atoms with Gasteiger partial charge in [-0.2, -0.15) is 0 Å². The van der Waals surface area contributed by atoms with Gasteiger partial charge in [-0.15, -0.1) is 32.9 Å². The Balaban J connectivity index is 1.35. The number of aromatic nitrogens is 3. The van der Waals surface area contributed by atoms with Crippen LogP contribution in [0.3, 0.4) is 0 Å². The number of rotatable bonds is 5. The molecule has 0 saturated carbocycles. The largest absolute Gasteiger partial charge is 0.469 e. The molecule has 1 unspecified atom stereocenters. The van der Waals surface area contributed by atoms with Crippen LogP contribution in [-0.2, 0) is 18.3 Å². The molecule has 30 heavy (non-hydrogen) atoms. The van der Waals surface area contributed by atoms with Crippen molar-refractivity contribution in [3.05, 3.63) is 62.4 Å². The molecule has 0 saturated heterocycles. The smallest absolute Gasteiger partial charge is 0.233 e. The van der Waals surface area contributed by atoms with E-state index in [1.807, 2.05) is 29.5 Å². The van der Waals surface area contributed by atoms with E-state index in [1.165, 1.54) is 27.1 Å². The third-order valence-corrected chi connectivity index (χ3v) is 8.28. The van der Waals surface area contributed by atoms with Crippen molar-refractivity contribution in [1.82, 2.24) is 19.7 Å². The lowest BCUT2D eigenvalue weighted by molar-refractivity contribution is -0.130. The van der Waals surface area contributed by atoms with Crippen LogP contribution in [0.4, 0.5) is 0 Å². The third-order valence-electron chi connectivity index (χ3n) is 5.36. The molecule has 0 bridgehead atoms. The Morgan fingerprint density at radius 1 is 1.27 bits per heavy atom. The molecule has 5 heterocycles. The Hall–Kier alpha value is -2.36. The summed E-state index contributed by atoms with van der Waals surface area (Å²) in [6.07, 6.45) is 2.56. The number of thioether (sulfide) groups is 1. The molecule has 1 atom stereocenters. The second-order valence-electron chi connectivity index (χ2n) is 7.10. The lowest BCUT2D eigenvalue weighted by Gasteiger charge is -2.35. The maximum atomic E-state index is 13.3. The van der Waals surface area contributed by atoms with Gasteiger partial charge in [0.25, 0.3) is 0 Å². The maximum absolute atomic E-state index is 13.3. The molecule has 9 heteroatoms. The van der Waals surface area contributed by atoms with Crippen molar-refractivity contribution in [3.63, 3.8) is 0 Å². The number of amides is 1. The molecule has 6 nitrogen and oxygen atoms in total. The molecule has 1 amide bonds. The van der Waals surface area contributed by atoms with E-state index in [4.69, 9.17) is 4.42 Å². The summed E-state index contributed by atoms with van der Waals surface area (Å²) in [5.41, 5.74) is 2.19. The first-order valence-corrected chi connectivity index (χ1v) is 12.3. The van der Waals surface area contributed by atoms with Crippen LogP contribution < -0.4 is 0 Å². The highest BCUT2D eigenvalue weighted by molar-refractivity contribution is 7.99. The van der Waals surface area contributed by atoms with Crippen molar-refractivity contribution in [2.24, 2.45) is 7.05 Å². The lowest BCUT2D eigenvalue weighted by Crippen LogP contribution is -2.40. The number of carbonyl (C=O) groups excluding carboxylic acids is 1. The van der Waals surface area contributed by atoms with E-state index in [1.54, 1.807) is 28.9 Å². The first-order chi connectivity index (χ1) is 14.6. The number of nitrogens with zero attached hydrogens (tertiary/aromatic N) is 4. The van der Waals surface area contributed by atoms with E-state index in [0.717, 1.165) is 35.3 Å². The number of hydrogen-bond acceptors (Lipinski definition) is 7. The van der Waals surface area contributed by atoms with Gasteiger partial charge in [0.15, 0.2) is 11.0 Å². The van der Waals surface area contributed by atoms with Crippen LogP contribution in [0.15, 0.2) is 50.9 Å². The molecule has 0 aromatic carbocycles. The molecule has 0 spiro atoms. The molecule has 0 aliphatic carbocycles. The summed E-state index contributed by atoms with van der Waals surface area (Å²) in [4.78, 5) is 17.9. The average molecular weight is 457 g/mol. The second-order valence-corrected chi connectivity index (χ2v) is 10.0. The van der Waals surface area contributed by atoms with Gasteiger partial charge < -0.3 is 13.9 Å². The zero-order chi connectivity index (χ0) is 20.7. The molecule has 0 radical (unpaired) electrons. The van der Waals surface area contributed by atoms with E-state index in [2.05, 4.69) is 39.2 Å². The fraction of sp³-hybridized carbons (Fsp3) is 0.286. The fourth-order valence-electron chi connectivity index (χ4n) is 3.84. The summed E-state index contributed by atoms with van der Waals surface area (Å²) in [6.45, 7) is 2.65. The van der Waals surface area contributed by atoms with E-state index < -0.39 is 0 Å². The summed E-state index contributed by atoms with van der Waals surface area (Å²) in [7, 11) is 1.92. The average Bonchev–Trinajstić information content (AvgIpc) is 3.53. The third kappa shape index (κ3) is 3.40. The van der Waals surface area contributed by atoms with E-state index in [0.29, 0.717) is 5.75 Å². The number of furan rings is 1. The molecular weight excluding hydrogens is 436 g/mol. The topological polar surface area (TPSA) is 64.2 Å². The first kappa shape index (κ1) is 19.6. The van der Waals surface area contributed by atoms with Gasteiger partial charge in [-0.3, -0.25) is 4.79 Å². The Morgan fingerprint density at radius 3 is 2.93 bits per heavy atom. The van der Waals surface area contributed by atoms with Gasteiger partial charge in [-0.05, 0) is 47.9 Å². The van der Waals surface area contributed by atoms with E-state index in [9.17, 15) is 4.79 Å². The molecule has 4 aromatic rings. The van der Waals surface area contributed by atoms with Crippen molar-refractivity contribution in [1.29, 1.82) is 0 Å². The van der Waals surface area contributed by atoms with Gasteiger partial charge in [0.05, 0.1) is 23.6 Å². The van der Waals surface area contributed by atoms with Crippen LogP contribution in [0.1, 0.15) is 27.1 Å². The summed E-state index contributed by atoms with van der Waals surface area (Å²) in [6, 6.07) is 8.24. The van der Waals surface area contributed by atoms with Crippen molar-refractivity contribution in [3.8, 4) is 11.4 Å². The summed E-state index contributed by atoms with van der Waals surface area (Å²) < 4.78 is 7.30. The minimum Gasteiger partial charge on any atom is -0.469 e. The minimum atomic E-state index is 0.0109. The maximum Gasteiger partial charge on any atom is 0.233 e. The van der Waals surface area contributed by atoms with Gasteiger partial charge in [-0.1, -0.05) is 17.8 Å². The zero-order valence-corrected chi connectivity index (χ0v) is 19.0. The molecule has 1 aliphatic rings. The number of thiophene rings is 2. The van der Waals surface area contributed by atoms with Crippen LogP contribution >= 0.6 is 34.4 Å². The number of fused-ring (bicyclic) bond motifs is 1. The van der Waals surface area contributed by atoms with Gasteiger partial charge in [0.1, 0.15) is 5.76 Å². The lowest BCUT2D eigenvalue weighted by atomic mass is 9.98. The number of hydrogen-bond donors (Lipinski definition) is 0. The van der Waals surface area contributed by atoms with Gasteiger partial charge >= 0.3 is 0 Å². The van der Waals surface area contributed by atoms with Gasteiger partial charge in [0.2, 0.25) is 5.91 Å². The minimum absolute atomic E-state index is 0.0109. The Morgan fingerprint density at radius 2 is 2.17 bits per heavy atom. The zero-order valence-electron chi connectivity index (χ0n) is 16.6. The van der Waals surface area contributed by atoms with E-state index in [-0.39, 0.29) is 11.9 Å². The first-order valence-electron chi connectivity index (χ1n) is 9.59. The van der Waals surface area contributed by atoms with Crippen LogP contribution in [0.5, 0.6) is 0 Å².